The molecule has 12 atom stereocenters. The topological polar surface area (TPSA) is 216 Å². The number of nitrogens with zero attached hydrogens (tertiary/aromatic N) is 6. The molecule has 4 N–H and O–H groups in total. The van der Waals surface area contributed by atoms with Crippen molar-refractivity contribution in [1.29, 1.82) is 0 Å². The molecule has 18 nitrogen and oxygen atoms in total. The molecule has 4 aliphatic heterocycles. The largest absolute Gasteiger partial charge is 0.417 e. The van der Waals surface area contributed by atoms with E-state index < -0.39 is 16.6 Å². The zero-order valence-corrected chi connectivity index (χ0v) is 80.3. The molecule has 0 amide bonds. The number of aromatic amines is 2. The van der Waals surface area contributed by atoms with Crippen molar-refractivity contribution >= 4 is 117 Å². The van der Waals surface area contributed by atoms with Crippen LogP contribution in [0, 0.1) is 47.3 Å². The minimum absolute atomic E-state index is 0.00365. The van der Waals surface area contributed by atoms with Gasteiger partial charge in [-0.05, 0) is 218 Å². The van der Waals surface area contributed by atoms with E-state index in [-0.39, 0.29) is 88.2 Å². The predicted molar refractivity (Wildman–Crippen MR) is 512 cm³/mol. The maximum absolute atomic E-state index is 13.5. The van der Waals surface area contributed by atoms with E-state index in [1.54, 1.807) is 0 Å². The summed E-state index contributed by atoms with van der Waals surface area (Å²) in [6.45, 7) is 40.9. The van der Waals surface area contributed by atoms with Crippen LogP contribution in [0.3, 0.4) is 0 Å². The van der Waals surface area contributed by atoms with Crippen LogP contribution in [-0.4, -0.2) is 205 Å². The summed E-state index contributed by atoms with van der Waals surface area (Å²) in [5.41, 5.74) is 20.6. The van der Waals surface area contributed by atoms with Gasteiger partial charge in [0.2, 0.25) is 0 Å². The number of ketones is 6. The molecular weight excluding hydrogens is 1580 g/mol. The lowest BCUT2D eigenvalue weighted by atomic mass is 9.78. The lowest BCUT2D eigenvalue weighted by Gasteiger charge is -2.40. The third-order valence-electron chi connectivity index (χ3n) is 29.5. The van der Waals surface area contributed by atoms with Gasteiger partial charge in [0.1, 0.15) is 34.7 Å². The number of fused-ring (bicyclic) bond motifs is 8. The molecule has 20 heteroatoms. The number of hydrogen-bond acceptors (Lipinski definition) is 14. The van der Waals surface area contributed by atoms with Crippen molar-refractivity contribution in [2.75, 3.05) is 80.8 Å². The fourth-order valence-corrected chi connectivity index (χ4v) is 22.2. The molecule has 4 aromatic carbocycles. The maximum Gasteiger partial charge on any atom is 0.191 e. The number of aromatic nitrogens is 4. The molecule has 0 bridgehead atoms. The Morgan fingerprint density at radius 2 is 0.718 bits per heavy atom. The summed E-state index contributed by atoms with van der Waals surface area (Å²) >= 11 is 0. The number of carbonyl (C=O) groups is 6. The Morgan fingerprint density at radius 3 is 1.02 bits per heavy atom. The van der Waals surface area contributed by atoms with Gasteiger partial charge in [0.25, 0.3) is 0 Å². The summed E-state index contributed by atoms with van der Waals surface area (Å²) in [4.78, 5) is 92.0. The monoisotopic (exact) mass is 1720 g/mol. The summed E-state index contributed by atoms with van der Waals surface area (Å²) in [5, 5.41) is 24.2. The van der Waals surface area contributed by atoms with E-state index in [2.05, 4.69) is 270 Å². The highest BCUT2D eigenvalue weighted by Crippen LogP contribution is 2.48. The number of aliphatic hydroxyl groups excluding tert-OH is 2. The van der Waals surface area contributed by atoms with E-state index >= 15 is 0 Å². The second kappa shape index (κ2) is 39.0. The summed E-state index contributed by atoms with van der Waals surface area (Å²) in [7, 11) is 4.97. The van der Waals surface area contributed by atoms with Crippen molar-refractivity contribution in [3.63, 3.8) is 0 Å². The third kappa shape index (κ3) is 20.3. The Balaban J connectivity index is 0.000000144. The van der Waals surface area contributed by atoms with E-state index in [1.807, 2.05) is 27.7 Å². The fraction of sp³-hybridized carbons (Fsp3) is 0.558. The number of carbonyl (C=O) groups excluding carboxylic acids is 6. The van der Waals surface area contributed by atoms with Gasteiger partial charge in [-0.25, -0.2) is 0 Å². The molecular formula is C104H144N8O10Si2. The van der Waals surface area contributed by atoms with Crippen LogP contribution in [0.4, 0.5) is 0 Å². The number of rotatable bonds is 30. The molecule has 0 saturated heterocycles. The van der Waals surface area contributed by atoms with Crippen molar-refractivity contribution in [1.82, 2.24) is 38.7 Å². The second-order valence-electron chi connectivity index (χ2n) is 41.3. The number of hydrogen-bond donors (Lipinski definition) is 4. The molecule has 0 fully saturated rings. The number of Topliss-reactive ketones (excluding diaryl/α,β-unsaturated/α-hetero) is 6. The van der Waals surface area contributed by atoms with Crippen molar-refractivity contribution in [2.45, 2.75) is 246 Å². The van der Waals surface area contributed by atoms with Crippen LogP contribution in [0.5, 0.6) is 0 Å². The molecule has 0 unspecified atom stereocenters. The molecule has 0 saturated carbocycles. The third-order valence-corrected chi connectivity index (χ3v) is 38.5. The average Bonchev–Trinajstić information content (AvgIpc) is 1.57. The first-order valence-electron chi connectivity index (χ1n) is 46.5. The minimum atomic E-state index is -1.82. The van der Waals surface area contributed by atoms with E-state index in [9.17, 15) is 39.0 Å². The second-order valence-corrected chi connectivity index (χ2v) is 51.0. The van der Waals surface area contributed by atoms with Crippen LogP contribution >= 0.6 is 0 Å². The Morgan fingerprint density at radius 1 is 0.427 bits per heavy atom. The van der Waals surface area contributed by atoms with Gasteiger partial charge in [-0.3, -0.25) is 48.4 Å². The summed E-state index contributed by atoms with van der Waals surface area (Å²) < 4.78 is 17.4. The van der Waals surface area contributed by atoms with Crippen LogP contribution in [0.15, 0.2) is 122 Å². The van der Waals surface area contributed by atoms with Gasteiger partial charge >= 0.3 is 0 Å². The quantitative estimate of drug-likeness (QED) is 0.0308. The zero-order chi connectivity index (χ0) is 89.3. The van der Waals surface area contributed by atoms with Crippen molar-refractivity contribution < 1.29 is 47.8 Å². The van der Waals surface area contributed by atoms with Crippen LogP contribution in [-0.2, 0) is 76.4 Å². The van der Waals surface area contributed by atoms with E-state index in [1.165, 1.54) is 110 Å². The first kappa shape index (κ1) is 93.8. The van der Waals surface area contributed by atoms with Crippen LogP contribution < -0.4 is 0 Å². The SMILES string of the molecule is CCC(=O)CCCn1cc2c3c(cccc31)C1=C[C@@H](C(=O)C[C@@H](C)CO)CN(C)[C@@H]1C2.CCC(=O)CCCn1cc2c3c(cccc31)C1=C[C@@H](C(=O)C[C@@H](C)CO[Si](C)(C)C(C)(C)C)CN(C)[C@@H]1C2.C[C@@H](CO)CC(=O)[C@@H]1C=C2c3cccc4[nH]cc(c34)C[C@H]2N(C)C1.C[C@@H](CO[Si](C)(C)C(C)(C)C)CC(=O)[C@@H]1C=C2c3cccc4[nH]cc(c34)C[C@H]2N(C)C1. The predicted octanol–water partition coefficient (Wildman–Crippen LogP) is 19.0. The molecule has 4 aliphatic carbocycles. The van der Waals surface area contributed by atoms with Gasteiger partial charge in [0.05, 0.1) is 0 Å². The standard InChI is InChI=1S/C32H48N2O3Si.C26H34N2O3.C26H38N2O2Si.C20H24N2O2/c1-9-25(35)12-11-15-34-20-24-18-29-27(26-13-10-14-28(34)31(24)26)17-23(19-33(29)6)30(36)16-22(2)21-37-38(7,8)32(3,4)5;1-4-20(30)7-6-10-28-15-19-13-24-22(21-8-5-9-23(28)26(19)21)12-18(14-27(24)3)25(31)11-17(2)16-29;1-17(16-30-31(6,7)26(2,3)4)11-24(29)19-12-21-20-9-8-10-22-25(20)18(14-27-22)13-23(21)28(5)15-19;1-12(11-23)6-19(24)14-7-16-15-4-3-5-17-20(15)13(9-21-17)8-18(16)22(2)10-14/h10,13-14,17,20,22-23,29H,9,11-12,15-16,18-19,21H2,1-8H3;5,8-9,12,15,17-18,24,29H,4,6-7,10-11,13-14,16H2,1-3H3;8-10,12,14,17,19,23,27H,11,13,15-16H2,1-7H3;3-5,7,9,12,14,18,21,23H,6,8,10-11H2,1-2H3/t22-,23-,29-;17-,18-,24-;17-,19-,23-;12-,14-,18-/m1111/s1. The van der Waals surface area contributed by atoms with E-state index in [4.69, 9.17) is 8.85 Å². The van der Waals surface area contributed by atoms with Crippen LogP contribution in [0.1, 0.15) is 192 Å². The van der Waals surface area contributed by atoms with Gasteiger partial charge in [-0.2, -0.15) is 0 Å². The van der Waals surface area contributed by atoms with Gasteiger partial charge < -0.3 is 38.2 Å². The summed E-state index contributed by atoms with van der Waals surface area (Å²) in [6, 6.07) is 27.2. The first-order chi connectivity index (χ1) is 58.8. The Labute approximate surface area is 740 Å². The van der Waals surface area contributed by atoms with Crippen LogP contribution in [0.25, 0.3) is 65.9 Å². The highest BCUT2D eigenvalue weighted by atomic mass is 28.4. The summed E-state index contributed by atoms with van der Waals surface area (Å²) in [6.07, 6.45) is 28.0. The normalized spacial score (nSPS) is 22.2. The number of H-pyrrole nitrogens is 2. The highest BCUT2D eigenvalue weighted by molar-refractivity contribution is 6.74. The highest BCUT2D eigenvalue weighted by Gasteiger charge is 2.44. The molecule has 124 heavy (non-hydrogen) atoms. The zero-order valence-electron chi connectivity index (χ0n) is 78.3. The van der Waals surface area contributed by atoms with Crippen molar-refractivity contribution in [3.05, 3.63) is 166 Å². The lowest BCUT2D eigenvalue weighted by molar-refractivity contribution is -0.124. The van der Waals surface area contributed by atoms with Gasteiger partial charge in [0, 0.05) is 233 Å². The average molecular weight is 1720 g/mol. The Hall–Kier alpha value is -7.87. The number of nitrogens with one attached hydrogen (secondary N) is 2. The first-order valence-corrected chi connectivity index (χ1v) is 52.3. The number of aliphatic hydroxyl groups is 2. The molecule has 8 heterocycles. The fourth-order valence-electron chi connectivity index (χ4n) is 19.9. The number of benzene rings is 4. The molecule has 4 aromatic heterocycles. The summed E-state index contributed by atoms with van der Waals surface area (Å²) in [5.74, 6) is 1.96. The Bertz CT molecular complexity index is 5380. The van der Waals surface area contributed by atoms with Crippen molar-refractivity contribution in [3.8, 4) is 0 Å². The minimum Gasteiger partial charge on any atom is -0.417 e. The number of likely N-dealkylation sites (N-methyl/N-ethyl adjacent to an activating group) is 4. The van der Waals surface area contributed by atoms with Crippen LogP contribution in [0.2, 0.25) is 36.3 Å². The maximum atomic E-state index is 13.5. The van der Waals surface area contributed by atoms with Gasteiger partial charge in [-0.1, -0.05) is 156 Å². The Kier molecular flexibility index (Phi) is 29.5. The lowest BCUT2D eigenvalue weighted by Crippen LogP contribution is -2.44. The van der Waals surface area contributed by atoms with E-state index in [0.29, 0.717) is 106 Å². The smallest absolute Gasteiger partial charge is 0.191 e. The molecule has 0 spiro atoms. The molecule has 8 aromatic rings. The van der Waals surface area contributed by atoms with E-state index in [0.717, 1.165) is 77.8 Å². The number of aryl methyl sites for hydroxylation is 2. The van der Waals surface area contributed by atoms with Gasteiger partial charge in [-0.15, -0.1) is 0 Å². The molecule has 8 aliphatic rings. The van der Waals surface area contributed by atoms with Crippen molar-refractivity contribution in [2.24, 2.45) is 47.3 Å². The molecule has 0 radical (unpaired) electrons. The molecule has 668 valence electrons. The van der Waals surface area contributed by atoms with Gasteiger partial charge in [0.15, 0.2) is 16.6 Å². The molecule has 16 rings (SSSR count).